The third kappa shape index (κ3) is 3.99. The number of methoxy groups -OCH3 is 1. The molecule has 7 nitrogen and oxygen atoms in total. The fourth-order valence-corrected chi connectivity index (χ4v) is 6.44. The van der Waals surface area contributed by atoms with Crippen LogP contribution in [0, 0.1) is 6.92 Å². The molecule has 0 spiro atoms. The molecule has 5 aromatic rings. The lowest BCUT2D eigenvalue weighted by atomic mass is 9.90. The van der Waals surface area contributed by atoms with E-state index in [1.807, 2.05) is 73.7 Å². The fourth-order valence-electron chi connectivity index (χ4n) is 5.42. The highest BCUT2D eigenvalue weighted by atomic mass is 32.1. The summed E-state index contributed by atoms with van der Waals surface area (Å²) in [5.74, 6) is 0.0812. The minimum Gasteiger partial charge on any atom is -0.496 e. The van der Waals surface area contributed by atoms with E-state index in [4.69, 9.17) is 14.5 Å². The van der Waals surface area contributed by atoms with E-state index < -0.39 is 12.0 Å². The average Bonchev–Trinajstić information content (AvgIpc) is 3.42. The summed E-state index contributed by atoms with van der Waals surface area (Å²) in [5, 5.41) is 2.90. The van der Waals surface area contributed by atoms with Gasteiger partial charge >= 0.3 is 5.97 Å². The number of hydrogen-bond acceptors (Lipinski definition) is 6. The van der Waals surface area contributed by atoms with Crippen LogP contribution >= 0.6 is 11.3 Å². The standard InChI is InChI=1S/C31H27N3O4S/c1-5-38-30(36)26-18(3)33-31-34(28(26)27-20-11-7-6-10-19(20)14-15-24(27)37-4)29(35)25(39-31)16-22-17(2)32-23-13-9-8-12-21(22)23/h6-16,28,32H,5H2,1-4H3. The van der Waals surface area contributed by atoms with Crippen LogP contribution in [0.2, 0.25) is 0 Å². The first-order valence-electron chi connectivity index (χ1n) is 12.8. The first-order chi connectivity index (χ1) is 18.9. The molecule has 0 aliphatic carbocycles. The molecule has 196 valence electrons. The molecule has 8 heteroatoms. The maximum Gasteiger partial charge on any atom is 0.338 e. The Labute approximate surface area is 228 Å². The topological polar surface area (TPSA) is 85.7 Å². The van der Waals surface area contributed by atoms with Gasteiger partial charge in [-0.25, -0.2) is 9.79 Å². The quantitative estimate of drug-likeness (QED) is 0.328. The summed E-state index contributed by atoms with van der Waals surface area (Å²) < 4.78 is 13.4. The van der Waals surface area contributed by atoms with Crippen LogP contribution in [-0.2, 0) is 9.53 Å². The number of ether oxygens (including phenoxy) is 2. The zero-order chi connectivity index (χ0) is 27.3. The summed E-state index contributed by atoms with van der Waals surface area (Å²) in [6.07, 6.45) is 1.92. The van der Waals surface area contributed by atoms with Crippen LogP contribution in [0.15, 0.2) is 81.7 Å². The van der Waals surface area contributed by atoms with E-state index in [1.165, 1.54) is 11.3 Å². The number of allylic oxidation sites excluding steroid dienone is 1. The molecule has 0 saturated carbocycles. The lowest BCUT2D eigenvalue weighted by Gasteiger charge is -2.27. The second kappa shape index (κ2) is 9.71. The molecule has 1 aliphatic heterocycles. The summed E-state index contributed by atoms with van der Waals surface area (Å²) in [5.41, 5.74) is 4.28. The van der Waals surface area contributed by atoms with Gasteiger partial charge in [0.05, 0.1) is 29.5 Å². The number of para-hydroxylation sites is 1. The number of fused-ring (bicyclic) bond motifs is 3. The molecule has 3 heterocycles. The molecule has 1 N–H and O–H groups in total. The monoisotopic (exact) mass is 537 g/mol. The Kier molecular flexibility index (Phi) is 6.19. The normalized spacial score (nSPS) is 15.5. The van der Waals surface area contributed by atoms with E-state index in [9.17, 15) is 9.59 Å². The summed E-state index contributed by atoms with van der Waals surface area (Å²) in [7, 11) is 1.59. The smallest absolute Gasteiger partial charge is 0.338 e. The molecule has 0 saturated heterocycles. The van der Waals surface area contributed by atoms with Crippen molar-refractivity contribution in [1.29, 1.82) is 0 Å². The number of carbonyl (C=O) groups is 1. The Morgan fingerprint density at radius 1 is 1.08 bits per heavy atom. The Morgan fingerprint density at radius 3 is 2.59 bits per heavy atom. The van der Waals surface area contributed by atoms with Crippen LogP contribution in [0.4, 0.5) is 0 Å². The Balaban J connectivity index is 1.68. The number of aromatic amines is 1. The number of benzene rings is 3. The number of nitrogens with zero attached hydrogens (tertiary/aromatic N) is 2. The van der Waals surface area contributed by atoms with Crippen molar-refractivity contribution in [1.82, 2.24) is 9.55 Å². The van der Waals surface area contributed by atoms with Gasteiger partial charge in [-0.2, -0.15) is 0 Å². The zero-order valence-corrected chi connectivity index (χ0v) is 22.9. The Hall–Kier alpha value is -4.43. The molecule has 1 unspecified atom stereocenters. The van der Waals surface area contributed by atoms with Crippen LogP contribution in [0.5, 0.6) is 5.75 Å². The Morgan fingerprint density at radius 2 is 1.82 bits per heavy atom. The van der Waals surface area contributed by atoms with Crippen molar-refractivity contribution in [2.45, 2.75) is 26.8 Å². The molecule has 0 amide bonds. The molecule has 3 aromatic carbocycles. The number of thiazole rings is 1. The van der Waals surface area contributed by atoms with Crippen molar-refractivity contribution in [3.8, 4) is 5.75 Å². The maximum absolute atomic E-state index is 14.2. The number of carbonyl (C=O) groups excluding carboxylic acids is 1. The third-order valence-electron chi connectivity index (χ3n) is 7.16. The van der Waals surface area contributed by atoms with Crippen LogP contribution in [0.3, 0.4) is 0 Å². The minimum absolute atomic E-state index is 0.208. The van der Waals surface area contributed by atoms with Crippen LogP contribution < -0.4 is 19.6 Å². The number of hydrogen-bond donors (Lipinski definition) is 1. The van der Waals surface area contributed by atoms with Gasteiger partial charge in [0.1, 0.15) is 11.8 Å². The van der Waals surface area contributed by atoms with Gasteiger partial charge in [0.15, 0.2) is 4.80 Å². The molecular formula is C31H27N3O4S. The predicted octanol–water partition coefficient (Wildman–Crippen LogP) is 4.75. The van der Waals surface area contributed by atoms with Gasteiger partial charge in [-0.1, -0.05) is 59.9 Å². The van der Waals surface area contributed by atoms with Gasteiger partial charge in [-0.3, -0.25) is 9.36 Å². The molecule has 1 aliphatic rings. The third-order valence-corrected chi connectivity index (χ3v) is 8.14. The molecule has 2 aromatic heterocycles. The summed E-state index contributed by atoms with van der Waals surface area (Å²) >= 11 is 1.31. The van der Waals surface area contributed by atoms with Gasteiger partial charge < -0.3 is 14.5 Å². The molecule has 39 heavy (non-hydrogen) atoms. The highest BCUT2D eigenvalue weighted by Gasteiger charge is 2.36. The molecule has 1 atom stereocenters. The largest absolute Gasteiger partial charge is 0.496 e. The van der Waals surface area contributed by atoms with Crippen molar-refractivity contribution in [2.75, 3.05) is 13.7 Å². The minimum atomic E-state index is -0.771. The maximum atomic E-state index is 14.2. The van der Waals surface area contributed by atoms with Crippen LogP contribution in [-0.4, -0.2) is 29.2 Å². The van der Waals surface area contributed by atoms with Crippen molar-refractivity contribution in [3.05, 3.63) is 108 Å². The highest BCUT2D eigenvalue weighted by molar-refractivity contribution is 7.07. The van der Waals surface area contributed by atoms with Crippen molar-refractivity contribution in [3.63, 3.8) is 0 Å². The number of nitrogens with one attached hydrogen (secondary N) is 1. The number of aryl methyl sites for hydroxylation is 1. The predicted molar refractivity (Wildman–Crippen MR) is 154 cm³/mol. The number of aromatic nitrogens is 2. The van der Waals surface area contributed by atoms with E-state index in [0.29, 0.717) is 26.4 Å². The van der Waals surface area contributed by atoms with E-state index in [0.717, 1.165) is 38.5 Å². The average molecular weight is 538 g/mol. The summed E-state index contributed by atoms with van der Waals surface area (Å²) in [6, 6.07) is 19.0. The molecular weight excluding hydrogens is 510 g/mol. The SMILES string of the molecule is CCOC(=O)C1=C(C)N=c2sc(=Cc3c(C)[nH]c4ccccc34)c(=O)n2C1c1c(OC)ccc2ccccc12. The number of rotatable bonds is 5. The van der Waals surface area contributed by atoms with Gasteiger partial charge in [0.25, 0.3) is 5.56 Å². The van der Waals surface area contributed by atoms with E-state index >= 15 is 0 Å². The van der Waals surface area contributed by atoms with Gasteiger partial charge in [-0.15, -0.1) is 0 Å². The van der Waals surface area contributed by atoms with Crippen LogP contribution in [0.1, 0.15) is 36.7 Å². The van der Waals surface area contributed by atoms with Crippen molar-refractivity contribution >= 4 is 45.1 Å². The summed E-state index contributed by atoms with van der Waals surface area (Å²) in [4.78, 5) is 36.2. The Bertz CT molecular complexity index is 1990. The van der Waals surface area contributed by atoms with E-state index in [1.54, 1.807) is 25.5 Å². The highest BCUT2D eigenvalue weighted by Crippen LogP contribution is 2.40. The molecule has 0 bridgehead atoms. The molecule has 0 fully saturated rings. The lowest BCUT2D eigenvalue weighted by Crippen LogP contribution is -2.40. The van der Waals surface area contributed by atoms with Crippen molar-refractivity contribution < 1.29 is 14.3 Å². The van der Waals surface area contributed by atoms with E-state index in [-0.39, 0.29) is 12.2 Å². The van der Waals surface area contributed by atoms with E-state index in [2.05, 4.69) is 4.98 Å². The zero-order valence-electron chi connectivity index (χ0n) is 22.1. The second-order valence-corrected chi connectivity index (χ2v) is 10.4. The fraction of sp³-hybridized carbons (Fsp3) is 0.194. The first kappa shape index (κ1) is 24.9. The summed E-state index contributed by atoms with van der Waals surface area (Å²) in [6.45, 7) is 5.76. The first-order valence-corrected chi connectivity index (χ1v) is 13.6. The van der Waals surface area contributed by atoms with Gasteiger partial charge in [0.2, 0.25) is 0 Å². The number of H-pyrrole nitrogens is 1. The van der Waals surface area contributed by atoms with Crippen LogP contribution in [0.25, 0.3) is 27.8 Å². The van der Waals surface area contributed by atoms with Crippen molar-refractivity contribution in [2.24, 2.45) is 4.99 Å². The second-order valence-electron chi connectivity index (χ2n) is 9.41. The lowest BCUT2D eigenvalue weighted by molar-refractivity contribution is -0.139. The van der Waals surface area contributed by atoms with Gasteiger partial charge in [-0.05, 0) is 49.8 Å². The number of esters is 1. The molecule has 6 rings (SSSR count). The molecule has 0 radical (unpaired) electrons. The van der Waals surface area contributed by atoms with Gasteiger partial charge in [0, 0.05) is 27.7 Å².